The van der Waals surface area contributed by atoms with Gasteiger partial charge >= 0.3 is 0 Å². The quantitative estimate of drug-likeness (QED) is 0.487. The van der Waals surface area contributed by atoms with Crippen LogP contribution in [-0.2, 0) is 4.79 Å². The van der Waals surface area contributed by atoms with Crippen LogP contribution in [0.25, 0.3) is 0 Å². The van der Waals surface area contributed by atoms with E-state index in [9.17, 15) is 14.4 Å². The predicted octanol–water partition coefficient (Wildman–Crippen LogP) is 4.26. The minimum atomic E-state index is -0.568. The van der Waals surface area contributed by atoms with Gasteiger partial charge in [-0.3, -0.25) is 20.3 Å². The van der Waals surface area contributed by atoms with Crippen LogP contribution in [0.1, 0.15) is 77.0 Å². The van der Waals surface area contributed by atoms with Crippen molar-refractivity contribution < 1.29 is 13.9 Å². The number of carbonyl (C=O) groups excluding carboxylic acids is 1. The highest BCUT2D eigenvalue weighted by Crippen LogP contribution is 2.60. The third-order valence-electron chi connectivity index (χ3n) is 8.66. The highest BCUT2D eigenvalue weighted by Gasteiger charge is 2.69. The molecule has 9 heteroatoms. The molecule has 2 unspecified atom stereocenters. The zero-order valence-electron chi connectivity index (χ0n) is 21.5. The molecule has 2 atom stereocenters. The van der Waals surface area contributed by atoms with Crippen molar-refractivity contribution in [1.82, 2.24) is 20.9 Å². The Balaban J connectivity index is 1.09. The first-order valence-electron chi connectivity index (χ1n) is 13.9. The van der Waals surface area contributed by atoms with E-state index >= 15 is 0 Å². The molecule has 0 radical (unpaired) electrons. The fourth-order valence-electron chi connectivity index (χ4n) is 7.00. The molecule has 4 aliphatic carbocycles. The summed E-state index contributed by atoms with van der Waals surface area (Å²) in [6, 6.07) is 7.00. The van der Waals surface area contributed by atoms with Gasteiger partial charge in [-0.1, -0.05) is 56.5 Å². The Hall–Kier alpha value is -1.92. The Labute approximate surface area is 224 Å². The summed E-state index contributed by atoms with van der Waals surface area (Å²) in [4.78, 5) is 15.0. The summed E-state index contributed by atoms with van der Waals surface area (Å²) in [6.07, 6.45) is 14.5. The maximum Gasteiger partial charge on any atom is 0.258 e. The van der Waals surface area contributed by atoms with Crippen molar-refractivity contribution >= 4 is 17.5 Å². The molecule has 37 heavy (non-hydrogen) atoms. The second-order valence-corrected chi connectivity index (χ2v) is 12.1. The van der Waals surface area contributed by atoms with Crippen LogP contribution in [0.5, 0.6) is 5.75 Å². The van der Waals surface area contributed by atoms with Gasteiger partial charge < -0.3 is 10.1 Å². The summed E-state index contributed by atoms with van der Waals surface area (Å²) in [5, 5.41) is 20.2. The van der Waals surface area contributed by atoms with Crippen LogP contribution in [0, 0.1) is 17.1 Å². The lowest BCUT2D eigenvalue weighted by Crippen LogP contribution is -2.85. The van der Waals surface area contributed by atoms with Gasteiger partial charge in [-0.2, -0.15) is 5.26 Å². The van der Waals surface area contributed by atoms with Crippen molar-refractivity contribution in [1.29, 1.82) is 5.26 Å². The number of piperazine rings is 1. The Morgan fingerprint density at radius 1 is 1.11 bits per heavy atom. The molecule has 4 saturated carbocycles. The molecule has 3 N–H and O–H groups in total. The first-order chi connectivity index (χ1) is 17.9. The van der Waals surface area contributed by atoms with Gasteiger partial charge in [0, 0.05) is 36.3 Å². The Kier molecular flexibility index (Phi) is 8.25. The van der Waals surface area contributed by atoms with Crippen molar-refractivity contribution in [2.24, 2.45) is 0 Å². The number of benzene rings is 1. The zero-order valence-corrected chi connectivity index (χ0v) is 22.3. The van der Waals surface area contributed by atoms with Gasteiger partial charge in [-0.05, 0) is 44.2 Å². The van der Waals surface area contributed by atoms with E-state index in [1.54, 1.807) is 6.07 Å². The molecule has 1 aliphatic heterocycles. The molecule has 1 heterocycles. The lowest BCUT2D eigenvalue weighted by atomic mass is 9.44. The summed E-state index contributed by atoms with van der Waals surface area (Å²) in [6.45, 7) is 1.55. The number of rotatable bonds is 7. The third kappa shape index (κ3) is 6.39. The summed E-state index contributed by atoms with van der Waals surface area (Å²) in [5.74, 6) is -0.490. The molecule has 1 aromatic carbocycles. The highest BCUT2D eigenvalue weighted by molar-refractivity contribution is 6.30. The van der Waals surface area contributed by atoms with Crippen LogP contribution in [0.4, 0.5) is 4.39 Å². The van der Waals surface area contributed by atoms with Gasteiger partial charge in [-0.15, -0.1) is 0 Å². The van der Waals surface area contributed by atoms with Crippen molar-refractivity contribution in [3.8, 4) is 11.8 Å². The largest absolute Gasteiger partial charge is 0.484 e. The molecule has 6 rings (SSSR count). The van der Waals surface area contributed by atoms with Crippen LogP contribution in [0.15, 0.2) is 18.2 Å². The summed E-state index contributed by atoms with van der Waals surface area (Å²) < 4.78 is 19.0. The molecule has 1 aromatic rings. The van der Waals surface area contributed by atoms with Crippen LogP contribution in [0.2, 0.25) is 5.02 Å². The monoisotopic (exact) mass is 531 g/mol. The van der Waals surface area contributed by atoms with Gasteiger partial charge in [0.25, 0.3) is 5.91 Å². The molecule has 5 aliphatic rings. The molecule has 1 amide bonds. The summed E-state index contributed by atoms with van der Waals surface area (Å²) >= 11 is 5.69. The van der Waals surface area contributed by atoms with E-state index in [1.807, 2.05) is 0 Å². The molecule has 202 valence electrons. The average Bonchev–Trinajstić information content (AvgIpc) is 2.85. The predicted molar refractivity (Wildman–Crippen MR) is 141 cm³/mol. The fourth-order valence-corrected chi connectivity index (χ4v) is 7.12. The minimum absolute atomic E-state index is 0.0183. The smallest absolute Gasteiger partial charge is 0.258 e. The van der Waals surface area contributed by atoms with Crippen molar-refractivity contribution in [2.75, 3.05) is 19.7 Å². The van der Waals surface area contributed by atoms with Crippen LogP contribution < -0.4 is 20.7 Å². The third-order valence-corrected chi connectivity index (χ3v) is 8.97. The number of nitrogens with one attached hydrogen (secondary N) is 3. The number of hydrogen-bond donors (Lipinski definition) is 3. The summed E-state index contributed by atoms with van der Waals surface area (Å²) in [5.41, 5.74) is -0.164. The van der Waals surface area contributed by atoms with Crippen LogP contribution in [-0.4, -0.2) is 59.8 Å². The van der Waals surface area contributed by atoms with Crippen LogP contribution in [0.3, 0.4) is 0 Å². The zero-order chi connectivity index (χ0) is 25.9. The van der Waals surface area contributed by atoms with Gasteiger partial charge in [0.2, 0.25) is 0 Å². The van der Waals surface area contributed by atoms with Crippen molar-refractivity contribution in [3.63, 3.8) is 0 Å². The molecule has 1 saturated heterocycles. The number of nitriles is 1. The molecule has 5 fully saturated rings. The van der Waals surface area contributed by atoms with Gasteiger partial charge in [0.1, 0.15) is 17.6 Å². The fraction of sp³-hybridized carbons (Fsp3) is 0.714. The van der Waals surface area contributed by atoms with E-state index in [-0.39, 0.29) is 46.6 Å². The molecular formula is C28H39ClFN5O2. The van der Waals surface area contributed by atoms with Gasteiger partial charge in [-0.25, -0.2) is 4.39 Å². The molecular weight excluding hydrogens is 493 g/mol. The van der Waals surface area contributed by atoms with Crippen molar-refractivity contribution in [2.45, 2.75) is 106 Å². The Morgan fingerprint density at radius 2 is 1.78 bits per heavy atom. The lowest BCUT2D eigenvalue weighted by Gasteiger charge is -2.71. The number of nitrogens with zero attached hydrogens (tertiary/aromatic N) is 2. The number of ether oxygens (including phenoxy) is 1. The van der Waals surface area contributed by atoms with Gasteiger partial charge in [0.05, 0.1) is 17.3 Å². The normalized spacial score (nSPS) is 32.9. The van der Waals surface area contributed by atoms with E-state index in [2.05, 4.69) is 26.9 Å². The second-order valence-electron chi connectivity index (χ2n) is 11.7. The topological polar surface area (TPSA) is 89.4 Å². The SMILES string of the molecule is N#CC1CN(C2CCCCCCCCC2)CC(NC23CC(NC(=O)COc4ccc(Cl)c(F)c4)(C2)C3)N1. The molecule has 7 nitrogen and oxygen atoms in total. The Morgan fingerprint density at radius 3 is 2.43 bits per heavy atom. The summed E-state index contributed by atoms with van der Waals surface area (Å²) in [7, 11) is 0. The minimum Gasteiger partial charge on any atom is -0.484 e. The lowest BCUT2D eigenvalue weighted by molar-refractivity contribution is -0.146. The maximum absolute atomic E-state index is 13.6. The molecule has 2 bridgehead atoms. The van der Waals surface area contributed by atoms with Crippen molar-refractivity contribution in [3.05, 3.63) is 29.0 Å². The van der Waals surface area contributed by atoms with E-state index in [4.69, 9.17) is 16.3 Å². The average molecular weight is 532 g/mol. The number of amides is 1. The highest BCUT2D eigenvalue weighted by atomic mass is 35.5. The Bertz CT molecular complexity index is 987. The van der Waals surface area contributed by atoms with E-state index in [0.29, 0.717) is 6.04 Å². The first kappa shape index (κ1) is 26.7. The van der Waals surface area contributed by atoms with E-state index in [1.165, 1.54) is 69.9 Å². The van der Waals surface area contributed by atoms with E-state index in [0.717, 1.165) is 32.4 Å². The van der Waals surface area contributed by atoms with E-state index < -0.39 is 5.82 Å². The van der Waals surface area contributed by atoms with Gasteiger partial charge in [0.15, 0.2) is 6.61 Å². The molecule has 0 spiro atoms. The standard InChI is InChI=1S/C28H39ClFN5O2/c29-23-11-10-22(12-24(23)30)37-16-26(36)34-28-17-27(18-28,19-28)33-25-15-35(14-20(13-31)32-25)21-8-6-4-2-1-3-5-7-9-21/h10-12,20-21,25,32-33H,1-9,14-19H2,(H,34,36). The first-order valence-corrected chi connectivity index (χ1v) is 14.3. The number of halogens is 2. The molecule has 0 aromatic heterocycles. The maximum atomic E-state index is 13.6. The number of carbonyl (C=O) groups is 1. The second kappa shape index (κ2) is 11.4. The number of hydrogen-bond acceptors (Lipinski definition) is 6. The van der Waals surface area contributed by atoms with Crippen LogP contribution >= 0.6 is 11.6 Å².